The first-order valence-electron chi connectivity index (χ1n) is 11.6. The fourth-order valence-corrected chi connectivity index (χ4v) is 3.59. The molecule has 184 valence electrons. The SMILES string of the molecule is O=C([O-])N(Cc1ccccc1)Cc1ccccc1.O=C([O-])N(Cc1ccccc1)Cc1ccccc1.[Zn+2]. The van der Waals surface area contributed by atoms with E-state index in [0.717, 1.165) is 22.3 Å². The Labute approximate surface area is 230 Å². The van der Waals surface area contributed by atoms with Crippen molar-refractivity contribution in [2.24, 2.45) is 0 Å². The molecule has 4 aromatic carbocycles. The monoisotopic (exact) mass is 544 g/mol. The van der Waals surface area contributed by atoms with Crippen LogP contribution >= 0.6 is 0 Å². The molecule has 0 fully saturated rings. The molecule has 0 bridgehead atoms. The molecule has 0 atom stereocenters. The van der Waals surface area contributed by atoms with Crippen LogP contribution in [0, 0.1) is 0 Å². The fourth-order valence-electron chi connectivity index (χ4n) is 3.59. The van der Waals surface area contributed by atoms with Gasteiger partial charge < -0.3 is 29.6 Å². The van der Waals surface area contributed by atoms with Gasteiger partial charge in [0.1, 0.15) is 12.2 Å². The van der Waals surface area contributed by atoms with E-state index in [2.05, 4.69) is 0 Å². The van der Waals surface area contributed by atoms with Gasteiger partial charge in [0.15, 0.2) is 0 Å². The maximum atomic E-state index is 11.1. The van der Waals surface area contributed by atoms with E-state index in [4.69, 9.17) is 0 Å². The Morgan fingerprint density at radius 1 is 0.432 bits per heavy atom. The van der Waals surface area contributed by atoms with Gasteiger partial charge in [-0.1, -0.05) is 121 Å². The van der Waals surface area contributed by atoms with Crippen LogP contribution in [0.2, 0.25) is 0 Å². The molecule has 0 saturated carbocycles. The summed E-state index contributed by atoms with van der Waals surface area (Å²) in [5, 5.41) is 22.2. The van der Waals surface area contributed by atoms with Crippen LogP contribution < -0.4 is 10.2 Å². The molecule has 4 aromatic rings. The van der Waals surface area contributed by atoms with Crippen molar-refractivity contribution in [3.8, 4) is 0 Å². The number of hydrogen-bond donors (Lipinski definition) is 0. The van der Waals surface area contributed by atoms with Gasteiger partial charge in [0.2, 0.25) is 0 Å². The Balaban J connectivity index is 0.000000253. The number of amides is 2. The average molecular weight is 546 g/mol. The molecule has 0 saturated heterocycles. The molecular formula is C30H28N2O4Zn. The summed E-state index contributed by atoms with van der Waals surface area (Å²) < 4.78 is 0. The topological polar surface area (TPSA) is 86.7 Å². The summed E-state index contributed by atoms with van der Waals surface area (Å²) in [7, 11) is 0. The van der Waals surface area contributed by atoms with Gasteiger partial charge in [-0.2, -0.15) is 0 Å². The number of nitrogens with zero attached hydrogens (tertiary/aromatic N) is 2. The van der Waals surface area contributed by atoms with Crippen LogP contribution in [-0.4, -0.2) is 22.0 Å². The number of carbonyl (C=O) groups is 2. The van der Waals surface area contributed by atoms with Crippen LogP contribution in [0.1, 0.15) is 22.3 Å². The number of carboxylic acid groups (broad SMARTS) is 2. The molecule has 0 N–H and O–H groups in total. The van der Waals surface area contributed by atoms with Gasteiger partial charge in [0, 0.05) is 26.2 Å². The Hall–Kier alpha value is -3.96. The zero-order valence-corrected chi connectivity index (χ0v) is 23.6. The van der Waals surface area contributed by atoms with E-state index in [1.807, 2.05) is 121 Å². The van der Waals surface area contributed by atoms with Crippen LogP contribution in [0.25, 0.3) is 0 Å². The van der Waals surface area contributed by atoms with E-state index in [0.29, 0.717) is 26.2 Å². The predicted octanol–water partition coefficient (Wildman–Crippen LogP) is 4.06. The molecule has 0 aliphatic rings. The van der Waals surface area contributed by atoms with Gasteiger partial charge in [-0.15, -0.1) is 0 Å². The quantitative estimate of drug-likeness (QED) is 0.312. The van der Waals surface area contributed by atoms with Crippen molar-refractivity contribution in [3.05, 3.63) is 144 Å². The number of benzene rings is 4. The molecule has 4 rings (SSSR count). The summed E-state index contributed by atoms with van der Waals surface area (Å²) in [6, 6.07) is 38.0. The van der Waals surface area contributed by atoms with Gasteiger partial charge in [0.05, 0.1) is 0 Å². The molecular weight excluding hydrogens is 518 g/mol. The van der Waals surface area contributed by atoms with Gasteiger partial charge in [-0.3, -0.25) is 0 Å². The Morgan fingerprint density at radius 3 is 0.784 bits per heavy atom. The molecule has 2 amide bonds. The number of carbonyl (C=O) groups excluding carboxylic acids is 2. The predicted molar refractivity (Wildman–Crippen MR) is 135 cm³/mol. The summed E-state index contributed by atoms with van der Waals surface area (Å²) in [4.78, 5) is 24.8. The molecule has 0 aliphatic heterocycles. The standard InChI is InChI=1S/2C15H15NO2.Zn/c2*17-15(18)16(11-13-7-3-1-4-8-13)12-14-9-5-2-6-10-14;/h2*1-10H,11-12H2,(H,17,18);/q;;+2/p-2. The zero-order valence-electron chi connectivity index (χ0n) is 20.6. The molecule has 0 unspecified atom stereocenters. The minimum atomic E-state index is -1.15. The van der Waals surface area contributed by atoms with E-state index in [-0.39, 0.29) is 19.5 Å². The summed E-state index contributed by atoms with van der Waals surface area (Å²) in [5.74, 6) is 0. The molecule has 0 aliphatic carbocycles. The number of rotatable bonds is 8. The van der Waals surface area contributed by atoms with Gasteiger partial charge in [0.25, 0.3) is 0 Å². The Bertz CT molecular complexity index is 1010. The molecule has 0 aromatic heterocycles. The molecule has 0 heterocycles. The smallest absolute Gasteiger partial charge is 0.530 e. The molecule has 0 spiro atoms. The molecule has 37 heavy (non-hydrogen) atoms. The van der Waals surface area contributed by atoms with Crippen molar-refractivity contribution in [1.82, 2.24) is 9.80 Å². The van der Waals surface area contributed by atoms with Crippen molar-refractivity contribution in [3.63, 3.8) is 0 Å². The second-order valence-corrected chi connectivity index (χ2v) is 8.19. The van der Waals surface area contributed by atoms with Crippen LogP contribution in [0.4, 0.5) is 9.59 Å². The normalized spacial score (nSPS) is 9.73. The Morgan fingerprint density at radius 2 is 0.622 bits per heavy atom. The first kappa shape index (κ1) is 29.3. The number of hydrogen-bond acceptors (Lipinski definition) is 4. The maximum absolute atomic E-state index is 11.1. The summed E-state index contributed by atoms with van der Waals surface area (Å²) in [6.45, 7) is 1.38. The van der Waals surface area contributed by atoms with E-state index in [1.54, 1.807) is 0 Å². The summed E-state index contributed by atoms with van der Waals surface area (Å²) in [5.41, 5.74) is 3.82. The van der Waals surface area contributed by atoms with Crippen LogP contribution in [0.15, 0.2) is 121 Å². The second-order valence-electron chi connectivity index (χ2n) is 8.19. The van der Waals surface area contributed by atoms with E-state index < -0.39 is 12.2 Å². The van der Waals surface area contributed by atoms with Crippen LogP contribution in [0.5, 0.6) is 0 Å². The molecule has 7 heteroatoms. The van der Waals surface area contributed by atoms with Crippen molar-refractivity contribution < 1.29 is 39.3 Å². The van der Waals surface area contributed by atoms with Crippen molar-refractivity contribution in [2.75, 3.05) is 0 Å². The summed E-state index contributed by atoms with van der Waals surface area (Å²) in [6.07, 6.45) is -2.30. The van der Waals surface area contributed by atoms with Gasteiger partial charge in [-0.05, 0) is 22.3 Å². The second kappa shape index (κ2) is 15.9. The third kappa shape index (κ3) is 10.7. The minimum absolute atomic E-state index is 0. The largest absolute Gasteiger partial charge is 2.00 e. The average Bonchev–Trinajstić information content (AvgIpc) is 2.91. The van der Waals surface area contributed by atoms with E-state index in [1.165, 1.54) is 9.80 Å². The first-order valence-corrected chi connectivity index (χ1v) is 11.6. The van der Waals surface area contributed by atoms with Crippen molar-refractivity contribution in [1.29, 1.82) is 0 Å². The van der Waals surface area contributed by atoms with Crippen molar-refractivity contribution in [2.45, 2.75) is 26.2 Å². The van der Waals surface area contributed by atoms with E-state index >= 15 is 0 Å². The third-order valence-electron chi connectivity index (χ3n) is 5.38. The Kier molecular flexibility index (Phi) is 12.6. The van der Waals surface area contributed by atoms with Gasteiger partial charge >= 0.3 is 19.5 Å². The maximum Gasteiger partial charge on any atom is 2.00 e. The fraction of sp³-hybridized carbons (Fsp3) is 0.133. The van der Waals surface area contributed by atoms with Gasteiger partial charge in [-0.25, -0.2) is 0 Å². The third-order valence-corrected chi connectivity index (χ3v) is 5.38. The molecule has 0 radical (unpaired) electrons. The van der Waals surface area contributed by atoms with E-state index in [9.17, 15) is 19.8 Å². The van der Waals surface area contributed by atoms with Crippen LogP contribution in [-0.2, 0) is 45.7 Å². The summed E-state index contributed by atoms with van der Waals surface area (Å²) >= 11 is 0. The van der Waals surface area contributed by atoms with Crippen LogP contribution in [0.3, 0.4) is 0 Å². The first-order chi connectivity index (χ1) is 17.5. The zero-order chi connectivity index (χ0) is 25.6. The molecule has 6 nitrogen and oxygen atoms in total. The van der Waals surface area contributed by atoms with Crippen molar-refractivity contribution >= 4 is 12.2 Å². The minimum Gasteiger partial charge on any atom is -0.530 e.